The molecule has 1 rings (SSSR count). The van der Waals surface area contributed by atoms with Crippen LogP contribution in [0.25, 0.3) is 0 Å². The standard InChI is InChI=1S/C11H21N/c1-4-7-10-8-6-9-12(3)11(10)5-2/h4,7,10-11H,5-6,8-9H2,1-3H3. The van der Waals surface area contributed by atoms with Gasteiger partial charge < -0.3 is 4.90 Å². The van der Waals surface area contributed by atoms with Crippen molar-refractivity contribution < 1.29 is 0 Å². The van der Waals surface area contributed by atoms with Gasteiger partial charge in [0, 0.05) is 6.04 Å². The van der Waals surface area contributed by atoms with Gasteiger partial charge in [0.2, 0.25) is 0 Å². The summed E-state index contributed by atoms with van der Waals surface area (Å²) in [5.41, 5.74) is 0. The molecule has 0 saturated carbocycles. The Labute approximate surface area is 76.5 Å². The van der Waals surface area contributed by atoms with E-state index in [-0.39, 0.29) is 0 Å². The summed E-state index contributed by atoms with van der Waals surface area (Å²) in [5, 5.41) is 0. The molecule has 0 aromatic carbocycles. The Morgan fingerprint density at radius 3 is 2.83 bits per heavy atom. The molecule has 70 valence electrons. The van der Waals surface area contributed by atoms with E-state index in [1.54, 1.807) is 0 Å². The van der Waals surface area contributed by atoms with Crippen molar-refractivity contribution in [1.29, 1.82) is 0 Å². The van der Waals surface area contributed by atoms with E-state index in [0.717, 1.165) is 12.0 Å². The van der Waals surface area contributed by atoms with E-state index in [2.05, 4.69) is 37.9 Å². The maximum Gasteiger partial charge on any atom is 0.0152 e. The van der Waals surface area contributed by atoms with Crippen LogP contribution < -0.4 is 0 Å². The maximum absolute atomic E-state index is 2.51. The Kier molecular flexibility index (Phi) is 3.80. The predicted octanol–water partition coefficient (Wildman–Crippen LogP) is 2.68. The molecule has 0 aliphatic carbocycles. The van der Waals surface area contributed by atoms with Gasteiger partial charge in [-0.15, -0.1) is 0 Å². The van der Waals surface area contributed by atoms with E-state index in [4.69, 9.17) is 0 Å². The second-order valence-electron chi connectivity index (χ2n) is 3.79. The molecular formula is C11H21N. The van der Waals surface area contributed by atoms with E-state index in [1.807, 2.05) is 0 Å². The van der Waals surface area contributed by atoms with Crippen LogP contribution >= 0.6 is 0 Å². The van der Waals surface area contributed by atoms with Gasteiger partial charge in [-0.3, -0.25) is 0 Å². The molecule has 1 heteroatoms. The highest BCUT2D eigenvalue weighted by Gasteiger charge is 2.25. The molecule has 12 heavy (non-hydrogen) atoms. The molecule has 0 radical (unpaired) electrons. The first kappa shape index (κ1) is 9.79. The summed E-state index contributed by atoms with van der Waals surface area (Å²) in [7, 11) is 2.25. The van der Waals surface area contributed by atoms with Crippen LogP contribution in [-0.4, -0.2) is 24.5 Å². The molecule has 0 bridgehead atoms. The second-order valence-corrected chi connectivity index (χ2v) is 3.79. The van der Waals surface area contributed by atoms with Gasteiger partial charge in [0.25, 0.3) is 0 Å². The number of hydrogen-bond donors (Lipinski definition) is 0. The summed E-state index contributed by atoms with van der Waals surface area (Å²) in [5.74, 6) is 0.804. The molecule has 1 nitrogen and oxygen atoms in total. The lowest BCUT2D eigenvalue weighted by atomic mass is 9.88. The summed E-state index contributed by atoms with van der Waals surface area (Å²) in [6, 6.07) is 0.787. The quantitative estimate of drug-likeness (QED) is 0.572. The monoisotopic (exact) mass is 167 g/mol. The Balaban J connectivity index is 2.57. The fourth-order valence-corrected chi connectivity index (χ4v) is 2.35. The van der Waals surface area contributed by atoms with Crippen molar-refractivity contribution in [1.82, 2.24) is 4.90 Å². The average molecular weight is 167 g/mol. The minimum atomic E-state index is 0.787. The Bertz CT molecular complexity index is 151. The second kappa shape index (κ2) is 4.66. The lowest BCUT2D eigenvalue weighted by Crippen LogP contribution is -2.41. The van der Waals surface area contributed by atoms with Crippen molar-refractivity contribution in [2.75, 3.05) is 13.6 Å². The van der Waals surface area contributed by atoms with Crippen LogP contribution in [0.15, 0.2) is 12.2 Å². The van der Waals surface area contributed by atoms with Crippen molar-refractivity contribution in [3.05, 3.63) is 12.2 Å². The molecule has 0 aromatic heterocycles. The number of nitrogens with zero attached hydrogens (tertiary/aromatic N) is 1. The number of allylic oxidation sites excluding steroid dienone is 1. The molecule has 2 unspecified atom stereocenters. The van der Waals surface area contributed by atoms with Crippen molar-refractivity contribution in [2.45, 2.75) is 39.2 Å². The minimum Gasteiger partial charge on any atom is -0.303 e. The molecule has 0 aromatic rings. The van der Waals surface area contributed by atoms with Gasteiger partial charge in [-0.05, 0) is 45.7 Å². The molecule has 2 atom stereocenters. The predicted molar refractivity (Wildman–Crippen MR) is 54.2 cm³/mol. The number of hydrogen-bond acceptors (Lipinski definition) is 1. The topological polar surface area (TPSA) is 3.24 Å². The van der Waals surface area contributed by atoms with Crippen LogP contribution in [0.4, 0.5) is 0 Å². The maximum atomic E-state index is 2.51. The summed E-state index contributed by atoms with van der Waals surface area (Å²) >= 11 is 0. The van der Waals surface area contributed by atoms with Crippen molar-refractivity contribution in [3.8, 4) is 0 Å². The van der Waals surface area contributed by atoms with Crippen LogP contribution in [0.3, 0.4) is 0 Å². The van der Waals surface area contributed by atoms with E-state index < -0.39 is 0 Å². The Morgan fingerprint density at radius 1 is 1.50 bits per heavy atom. The third kappa shape index (κ3) is 2.10. The lowest BCUT2D eigenvalue weighted by molar-refractivity contribution is 0.141. The first-order valence-corrected chi connectivity index (χ1v) is 5.12. The Morgan fingerprint density at radius 2 is 2.25 bits per heavy atom. The molecule has 0 amide bonds. The van der Waals surface area contributed by atoms with Gasteiger partial charge in [0.05, 0.1) is 0 Å². The lowest BCUT2D eigenvalue weighted by Gasteiger charge is -2.37. The Hall–Kier alpha value is -0.300. The van der Waals surface area contributed by atoms with E-state index >= 15 is 0 Å². The highest BCUT2D eigenvalue weighted by Crippen LogP contribution is 2.25. The molecule has 0 N–H and O–H groups in total. The molecule has 1 saturated heterocycles. The van der Waals surface area contributed by atoms with Crippen LogP contribution in [0.5, 0.6) is 0 Å². The van der Waals surface area contributed by atoms with Crippen LogP contribution in [0, 0.1) is 5.92 Å². The van der Waals surface area contributed by atoms with Gasteiger partial charge in [-0.25, -0.2) is 0 Å². The summed E-state index contributed by atoms with van der Waals surface area (Å²) in [6.45, 7) is 5.71. The smallest absolute Gasteiger partial charge is 0.0152 e. The highest BCUT2D eigenvalue weighted by atomic mass is 15.1. The molecule has 1 heterocycles. The fraction of sp³-hybridized carbons (Fsp3) is 0.818. The minimum absolute atomic E-state index is 0.787. The van der Waals surface area contributed by atoms with Crippen molar-refractivity contribution in [2.24, 2.45) is 5.92 Å². The van der Waals surface area contributed by atoms with Gasteiger partial charge in [-0.1, -0.05) is 19.1 Å². The normalized spacial score (nSPS) is 32.9. The van der Waals surface area contributed by atoms with Crippen LogP contribution in [-0.2, 0) is 0 Å². The summed E-state index contributed by atoms with van der Waals surface area (Å²) in [6.07, 6.45) is 8.61. The van der Waals surface area contributed by atoms with Gasteiger partial charge >= 0.3 is 0 Å². The van der Waals surface area contributed by atoms with Crippen molar-refractivity contribution in [3.63, 3.8) is 0 Å². The van der Waals surface area contributed by atoms with E-state index in [0.29, 0.717) is 0 Å². The number of rotatable bonds is 2. The van der Waals surface area contributed by atoms with Gasteiger partial charge in [-0.2, -0.15) is 0 Å². The first-order chi connectivity index (χ1) is 5.79. The van der Waals surface area contributed by atoms with E-state index in [9.17, 15) is 0 Å². The van der Waals surface area contributed by atoms with Gasteiger partial charge in [0.1, 0.15) is 0 Å². The van der Waals surface area contributed by atoms with Crippen molar-refractivity contribution >= 4 is 0 Å². The average Bonchev–Trinajstić information content (AvgIpc) is 2.05. The SMILES string of the molecule is CC=CC1CCCN(C)C1CC. The van der Waals surface area contributed by atoms with Gasteiger partial charge in [0.15, 0.2) is 0 Å². The molecule has 0 spiro atoms. The third-order valence-corrected chi connectivity index (χ3v) is 2.97. The molecule has 1 fully saturated rings. The highest BCUT2D eigenvalue weighted by molar-refractivity contribution is 4.95. The van der Waals surface area contributed by atoms with Crippen LogP contribution in [0.1, 0.15) is 33.1 Å². The summed E-state index contributed by atoms with van der Waals surface area (Å²) < 4.78 is 0. The largest absolute Gasteiger partial charge is 0.303 e. The molecule has 1 aliphatic heterocycles. The molecular weight excluding hydrogens is 146 g/mol. The third-order valence-electron chi connectivity index (χ3n) is 2.97. The van der Waals surface area contributed by atoms with E-state index in [1.165, 1.54) is 25.8 Å². The zero-order chi connectivity index (χ0) is 8.97. The number of piperidine rings is 1. The summed E-state index contributed by atoms with van der Waals surface area (Å²) in [4.78, 5) is 2.51. The zero-order valence-electron chi connectivity index (χ0n) is 8.59. The fourth-order valence-electron chi connectivity index (χ4n) is 2.35. The number of likely N-dealkylation sites (tertiary alicyclic amines) is 1. The molecule has 1 aliphatic rings. The van der Waals surface area contributed by atoms with Crippen LogP contribution in [0.2, 0.25) is 0 Å². The zero-order valence-corrected chi connectivity index (χ0v) is 8.59. The first-order valence-electron chi connectivity index (χ1n) is 5.12.